The first-order valence-corrected chi connectivity index (χ1v) is 7.63. The molecule has 122 valence electrons. The van der Waals surface area contributed by atoms with E-state index in [0.29, 0.717) is 22.0 Å². The minimum Gasteiger partial charge on any atom is -0.497 e. The van der Waals surface area contributed by atoms with Crippen molar-refractivity contribution in [1.82, 2.24) is 9.78 Å². The summed E-state index contributed by atoms with van der Waals surface area (Å²) >= 11 is 6.28. The number of nitrogens with zero attached hydrogens (tertiary/aromatic N) is 2. The van der Waals surface area contributed by atoms with Crippen LogP contribution in [0.25, 0.3) is 16.9 Å². The van der Waals surface area contributed by atoms with Crippen LogP contribution in [0.1, 0.15) is 16.1 Å². The lowest BCUT2D eigenvalue weighted by molar-refractivity contribution is 0.0689. The maximum absolute atomic E-state index is 11.5. The number of hydrogen-bond donors (Lipinski definition) is 1. The number of benzene rings is 2. The summed E-state index contributed by atoms with van der Waals surface area (Å²) < 4.78 is 6.75. The Balaban J connectivity index is 2.27. The van der Waals surface area contributed by atoms with Crippen molar-refractivity contribution < 1.29 is 14.6 Å². The second-order valence-corrected chi connectivity index (χ2v) is 5.63. The molecule has 3 rings (SSSR count). The topological polar surface area (TPSA) is 64.3 Å². The van der Waals surface area contributed by atoms with Gasteiger partial charge in [0, 0.05) is 11.1 Å². The summed E-state index contributed by atoms with van der Waals surface area (Å²) in [4.78, 5) is 11.5. The van der Waals surface area contributed by atoms with Gasteiger partial charge in [-0.25, -0.2) is 9.48 Å². The van der Waals surface area contributed by atoms with E-state index in [-0.39, 0.29) is 5.69 Å². The molecule has 0 aliphatic heterocycles. The molecule has 0 bridgehead atoms. The Morgan fingerprint density at radius 2 is 1.83 bits per heavy atom. The molecule has 0 unspecified atom stereocenters. The zero-order valence-corrected chi connectivity index (χ0v) is 13.9. The van der Waals surface area contributed by atoms with E-state index in [4.69, 9.17) is 16.3 Å². The summed E-state index contributed by atoms with van der Waals surface area (Å²) in [6.45, 7) is 1.74. The minimum atomic E-state index is -1.08. The molecule has 1 N–H and O–H groups in total. The third-order valence-corrected chi connectivity index (χ3v) is 4.09. The fourth-order valence-corrected chi connectivity index (χ4v) is 2.80. The summed E-state index contributed by atoms with van der Waals surface area (Å²) in [5.41, 5.74) is 2.71. The third-order valence-electron chi connectivity index (χ3n) is 3.77. The Labute approximate surface area is 144 Å². The molecule has 0 aliphatic carbocycles. The zero-order valence-electron chi connectivity index (χ0n) is 13.2. The van der Waals surface area contributed by atoms with Crippen molar-refractivity contribution in [1.29, 1.82) is 0 Å². The molecular formula is C18H15ClN2O3. The van der Waals surface area contributed by atoms with Gasteiger partial charge in [0.2, 0.25) is 0 Å². The maximum atomic E-state index is 11.5. The highest BCUT2D eigenvalue weighted by Crippen LogP contribution is 2.32. The number of methoxy groups -OCH3 is 1. The largest absolute Gasteiger partial charge is 0.497 e. The summed E-state index contributed by atoms with van der Waals surface area (Å²) in [5.74, 6) is -0.355. The molecule has 1 heterocycles. The molecule has 1 aromatic heterocycles. The van der Waals surface area contributed by atoms with Crippen LogP contribution in [0.5, 0.6) is 5.75 Å². The first-order valence-electron chi connectivity index (χ1n) is 7.25. The fourth-order valence-electron chi connectivity index (χ4n) is 2.58. The Morgan fingerprint density at radius 3 is 2.42 bits per heavy atom. The zero-order chi connectivity index (χ0) is 17.3. The lowest BCUT2D eigenvalue weighted by Crippen LogP contribution is -2.03. The Morgan fingerprint density at radius 1 is 1.17 bits per heavy atom. The van der Waals surface area contributed by atoms with Crippen LogP contribution in [0.15, 0.2) is 48.5 Å². The second kappa shape index (κ2) is 6.37. The molecule has 0 radical (unpaired) electrons. The molecule has 5 nitrogen and oxygen atoms in total. The van der Waals surface area contributed by atoms with Crippen LogP contribution in [-0.2, 0) is 0 Å². The predicted molar refractivity (Wildman–Crippen MR) is 92.3 cm³/mol. The van der Waals surface area contributed by atoms with Gasteiger partial charge in [0.15, 0.2) is 5.69 Å². The summed E-state index contributed by atoms with van der Waals surface area (Å²) in [6, 6.07) is 14.5. The smallest absolute Gasteiger partial charge is 0.356 e. The first kappa shape index (κ1) is 16.1. The molecule has 0 aliphatic rings. The van der Waals surface area contributed by atoms with Crippen LogP contribution >= 0.6 is 11.6 Å². The summed E-state index contributed by atoms with van der Waals surface area (Å²) in [5, 5.41) is 14.2. The summed E-state index contributed by atoms with van der Waals surface area (Å²) in [6.07, 6.45) is 0. The molecule has 0 fully saturated rings. The second-order valence-electron chi connectivity index (χ2n) is 5.22. The van der Waals surface area contributed by atoms with Crippen molar-refractivity contribution in [3.63, 3.8) is 0 Å². The van der Waals surface area contributed by atoms with Gasteiger partial charge in [0.05, 0.1) is 23.5 Å². The van der Waals surface area contributed by atoms with Gasteiger partial charge in [-0.3, -0.25) is 0 Å². The summed E-state index contributed by atoms with van der Waals surface area (Å²) in [7, 11) is 1.59. The van der Waals surface area contributed by atoms with Crippen LogP contribution < -0.4 is 4.74 Å². The Bertz CT molecular complexity index is 901. The minimum absolute atomic E-state index is 0.000683. The number of aromatic carboxylic acids is 1. The van der Waals surface area contributed by atoms with Crippen molar-refractivity contribution in [2.45, 2.75) is 6.92 Å². The van der Waals surface area contributed by atoms with E-state index < -0.39 is 5.97 Å². The normalized spacial score (nSPS) is 10.6. The van der Waals surface area contributed by atoms with Gasteiger partial charge in [-0.05, 0) is 43.3 Å². The van der Waals surface area contributed by atoms with Crippen molar-refractivity contribution in [3.05, 3.63) is 64.8 Å². The number of para-hydroxylation sites is 1. The van der Waals surface area contributed by atoms with Crippen molar-refractivity contribution >= 4 is 17.6 Å². The van der Waals surface area contributed by atoms with E-state index in [1.807, 2.05) is 36.4 Å². The number of carboxylic acids is 1. The SMILES string of the molecule is COc1ccc(-c2c(C)c(C(=O)O)nn2-c2ccccc2Cl)cc1. The quantitative estimate of drug-likeness (QED) is 0.771. The van der Waals surface area contributed by atoms with Gasteiger partial charge in [-0.2, -0.15) is 5.10 Å². The molecule has 0 saturated carbocycles. The van der Waals surface area contributed by atoms with E-state index in [9.17, 15) is 9.90 Å². The van der Waals surface area contributed by atoms with Gasteiger partial charge < -0.3 is 9.84 Å². The third kappa shape index (κ3) is 2.74. The van der Waals surface area contributed by atoms with Crippen LogP contribution in [0.4, 0.5) is 0 Å². The molecular weight excluding hydrogens is 328 g/mol. The standard InChI is InChI=1S/C18H15ClN2O3/c1-11-16(18(22)23)20-21(15-6-4-3-5-14(15)19)17(11)12-7-9-13(24-2)10-8-12/h3-10H,1-2H3,(H,22,23). The highest BCUT2D eigenvalue weighted by atomic mass is 35.5. The lowest BCUT2D eigenvalue weighted by Gasteiger charge is -2.10. The van der Waals surface area contributed by atoms with Crippen LogP contribution in [0.3, 0.4) is 0 Å². The molecule has 0 saturated heterocycles. The average molecular weight is 343 g/mol. The first-order chi connectivity index (χ1) is 11.5. The number of carboxylic acid groups (broad SMARTS) is 1. The van der Waals surface area contributed by atoms with Crippen LogP contribution in [0, 0.1) is 6.92 Å². The Hall–Kier alpha value is -2.79. The van der Waals surface area contributed by atoms with Gasteiger partial charge >= 0.3 is 5.97 Å². The molecule has 0 amide bonds. The number of hydrogen-bond acceptors (Lipinski definition) is 3. The maximum Gasteiger partial charge on any atom is 0.356 e. The molecule has 6 heteroatoms. The van der Waals surface area contributed by atoms with Crippen LogP contribution in [-0.4, -0.2) is 28.0 Å². The van der Waals surface area contributed by atoms with Gasteiger partial charge in [0.25, 0.3) is 0 Å². The van der Waals surface area contributed by atoms with Gasteiger partial charge in [-0.1, -0.05) is 23.7 Å². The molecule has 2 aromatic carbocycles. The average Bonchev–Trinajstić information content (AvgIpc) is 2.93. The van der Waals surface area contributed by atoms with Crippen molar-refractivity contribution in [2.24, 2.45) is 0 Å². The van der Waals surface area contributed by atoms with E-state index in [1.54, 1.807) is 30.8 Å². The number of aromatic nitrogens is 2. The van der Waals surface area contributed by atoms with E-state index in [1.165, 1.54) is 0 Å². The van der Waals surface area contributed by atoms with E-state index >= 15 is 0 Å². The Kier molecular flexibility index (Phi) is 4.27. The number of halogens is 1. The fraction of sp³-hybridized carbons (Fsp3) is 0.111. The van der Waals surface area contributed by atoms with Crippen LogP contribution in [0.2, 0.25) is 5.02 Å². The predicted octanol–water partition coefficient (Wildman–Crippen LogP) is 4.21. The number of ether oxygens (including phenoxy) is 1. The number of rotatable bonds is 4. The van der Waals surface area contributed by atoms with E-state index in [0.717, 1.165) is 11.3 Å². The molecule has 0 atom stereocenters. The highest BCUT2D eigenvalue weighted by molar-refractivity contribution is 6.32. The van der Waals surface area contributed by atoms with Gasteiger partial charge in [-0.15, -0.1) is 0 Å². The molecule has 3 aromatic rings. The number of carbonyl (C=O) groups is 1. The monoisotopic (exact) mass is 342 g/mol. The highest BCUT2D eigenvalue weighted by Gasteiger charge is 2.22. The molecule has 0 spiro atoms. The molecule has 24 heavy (non-hydrogen) atoms. The lowest BCUT2D eigenvalue weighted by atomic mass is 10.1. The van der Waals surface area contributed by atoms with E-state index in [2.05, 4.69) is 5.10 Å². The van der Waals surface area contributed by atoms with Crippen molar-refractivity contribution in [2.75, 3.05) is 7.11 Å². The van der Waals surface area contributed by atoms with Gasteiger partial charge in [0.1, 0.15) is 5.75 Å². The van der Waals surface area contributed by atoms with Crippen molar-refractivity contribution in [3.8, 4) is 22.7 Å².